The lowest BCUT2D eigenvalue weighted by atomic mass is 10.0. The van der Waals surface area contributed by atoms with Crippen molar-refractivity contribution in [3.05, 3.63) is 83.3 Å². The zero-order valence-electron chi connectivity index (χ0n) is 17.9. The highest BCUT2D eigenvalue weighted by Gasteiger charge is 2.21. The van der Waals surface area contributed by atoms with E-state index in [0.29, 0.717) is 34.4 Å². The van der Waals surface area contributed by atoms with Crippen molar-refractivity contribution >= 4 is 39.8 Å². The van der Waals surface area contributed by atoms with Crippen LogP contribution in [0.2, 0.25) is 0 Å². The van der Waals surface area contributed by atoms with E-state index in [1.165, 1.54) is 6.20 Å². The maximum atomic E-state index is 13.0. The van der Waals surface area contributed by atoms with E-state index in [0.717, 1.165) is 29.0 Å². The Labute approximate surface area is 189 Å². The largest absolute Gasteiger partial charge is 0.493 e. The summed E-state index contributed by atoms with van der Waals surface area (Å²) in [5, 5.41) is 6.87. The van der Waals surface area contributed by atoms with Crippen LogP contribution in [0, 0.1) is 6.92 Å². The van der Waals surface area contributed by atoms with Gasteiger partial charge in [-0.1, -0.05) is 6.07 Å². The fraction of sp³-hybridized carbons (Fsp3) is 0.120. The summed E-state index contributed by atoms with van der Waals surface area (Å²) in [5.74, 6) is -0.0803. The summed E-state index contributed by atoms with van der Waals surface area (Å²) in [4.78, 5) is 33.7. The van der Waals surface area contributed by atoms with Gasteiger partial charge in [-0.2, -0.15) is 0 Å². The third kappa shape index (κ3) is 3.82. The minimum atomic E-state index is -0.611. The lowest BCUT2D eigenvalue weighted by molar-refractivity contribution is 0.0998. The van der Waals surface area contributed by atoms with Gasteiger partial charge in [0.25, 0.3) is 11.8 Å². The van der Waals surface area contributed by atoms with E-state index in [4.69, 9.17) is 10.5 Å². The molecule has 0 aliphatic carbocycles. The normalized spacial score (nSPS) is 12.2. The molecule has 4 N–H and O–H groups in total. The number of hydrogen-bond donors (Lipinski definition) is 3. The zero-order chi connectivity index (χ0) is 22.9. The Morgan fingerprint density at radius 3 is 2.73 bits per heavy atom. The van der Waals surface area contributed by atoms with Crippen molar-refractivity contribution in [3.63, 3.8) is 0 Å². The van der Waals surface area contributed by atoms with Gasteiger partial charge in [0.05, 0.1) is 23.4 Å². The Morgan fingerprint density at radius 2 is 1.94 bits per heavy atom. The van der Waals surface area contributed by atoms with E-state index in [1.807, 2.05) is 25.1 Å². The van der Waals surface area contributed by atoms with Gasteiger partial charge in [0.2, 0.25) is 0 Å². The average molecular weight is 439 g/mol. The van der Waals surface area contributed by atoms with Gasteiger partial charge in [-0.05, 0) is 48.9 Å². The van der Waals surface area contributed by atoms with Crippen LogP contribution in [0.5, 0.6) is 5.75 Å². The number of benzene rings is 2. The Balaban J connectivity index is 1.63. The molecule has 3 heterocycles. The number of fused-ring (bicyclic) bond motifs is 2. The summed E-state index contributed by atoms with van der Waals surface area (Å²) >= 11 is 0. The molecule has 33 heavy (non-hydrogen) atoms. The molecule has 0 saturated heterocycles. The number of carbonyl (C=O) groups excluding carboxylic acids is 2. The Hall–Kier alpha value is -4.46. The van der Waals surface area contributed by atoms with Crippen LogP contribution in [0.25, 0.3) is 10.9 Å². The smallest absolute Gasteiger partial charge is 0.255 e. The maximum absolute atomic E-state index is 13.0. The van der Waals surface area contributed by atoms with Crippen LogP contribution in [0.15, 0.2) is 61.1 Å². The first kappa shape index (κ1) is 20.4. The SMILES string of the molecule is Cc1cc(C(=O)Nc2ccncc2)cc2c(Nc3cccc4c3CCO4)c(C(N)=O)cnc12. The molecule has 0 bridgehead atoms. The van der Waals surface area contributed by atoms with Crippen LogP contribution < -0.4 is 21.1 Å². The second-order valence-electron chi connectivity index (χ2n) is 7.80. The van der Waals surface area contributed by atoms with Crippen LogP contribution in [-0.4, -0.2) is 28.4 Å². The van der Waals surface area contributed by atoms with Crippen LogP contribution in [0.1, 0.15) is 31.8 Å². The van der Waals surface area contributed by atoms with Crippen LogP contribution >= 0.6 is 0 Å². The number of nitrogens with zero attached hydrogens (tertiary/aromatic N) is 2. The van der Waals surface area contributed by atoms with Gasteiger partial charge in [-0.25, -0.2) is 0 Å². The summed E-state index contributed by atoms with van der Waals surface area (Å²) < 4.78 is 5.67. The first-order valence-corrected chi connectivity index (χ1v) is 10.5. The summed E-state index contributed by atoms with van der Waals surface area (Å²) in [6, 6.07) is 12.6. The molecule has 4 aromatic rings. The molecule has 1 aliphatic rings. The number of amides is 2. The number of aryl methyl sites for hydroxylation is 1. The molecule has 2 amide bonds. The van der Waals surface area contributed by atoms with Gasteiger partial charge in [0.1, 0.15) is 5.75 Å². The fourth-order valence-corrected chi connectivity index (χ4v) is 4.04. The number of nitrogens with one attached hydrogen (secondary N) is 2. The van der Waals surface area contributed by atoms with Crippen molar-refractivity contribution in [2.75, 3.05) is 17.2 Å². The van der Waals surface area contributed by atoms with Gasteiger partial charge in [0, 0.05) is 52.9 Å². The third-order valence-corrected chi connectivity index (χ3v) is 5.63. The molecule has 0 radical (unpaired) electrons. The lowest BCUT2D eigenvalue weighted by Crippen LogP contribution is -2.15. The topological polar surface area (TPSA) is 119 Å². The molecule has 5 rings (SSSR count). The van der Waals surface area contributed by atoms with Crippen LogP contribution in [0.3, 0.4) is 0 Å². The van der Waals surface area contributed by atoms with Crippen LogP contribution in [-0.2, 0) is 6.42 Å². The van der Waals surface area contributed by atoms with Crippen molar-refractivity contribution in [2.45, 2.75) is 13.3 Å². The summed E-state index contributed by atoms with van der Waals surface area (Å²) in [6.07, 6.45) is 5.44. The zero-order valence-corrected chi connectivity index (χ0v) is 17.9. The van der Waals surface area contributed by atoms with Gasteiger partial charge < -0.3 is 21.1 Å². The highest BCUT2D eigenvalue weighted by atomic mass is 16.5. The number of aromatic nitrogens is 2. The molecular formula is C25H21N5O3. The number of ether oxygens (including phenoxy) is 1. The third-order valence-electron chi connectivity index (χ3n) is 5.63. The van der Waals surface area contributed by atoms with E-state index >= 15 is 0 Å². The number of nitrogens with two attached hydrogens (primary N) is 1. The van der Waals surface area contributed by atoms with Crippen molar-refractivity contribution in [2.24, 2.45) is 5.73 Å². The predicted molar refractivity (Wildman–Crippen MR) is 126 cm³/mol. The molecule has 0 saturated carbocycles. The van der Waals surface area contributed by atoms with Gasteiger partial charge >= 0.3 is 0 Å². The molecule has 164 valence electrons. The fourth-order valence-electron chi connectivity index (χ4n) is 4.04. The van der Waals surface area contributed by atoms with E-state index in [2.05, 4.69) is 20.6 Å². The minimum Gasteiger partial charge on any atom is -0.493 e. The number of rotatable bonds is 5. The summed E-state index contributed by atoms with van der Waals surface area (Å²) in [5.41, 5.74) is 10.8. The number of carbonyl (C=O) groups is 2. The van der Waals surface area contributed by atoms with Crippen molar-refractivity contribution < 1.29 is 14.3 Å². The van der Waals surface area contributed by atoms with E-state index in [1.54, 1.807) is 36.7 Å². The lowest BCUT2D eigenvalue weighted by Gasteiger charge is -2.17. The number of pyridine rings is 2. The summed E-state index contributed by atoms with van der Waals surface area (Å²) in [7, 11) is 0. The molecule has 0 fully saturated rings. The van der Waals surface area contributed by atoms with Crippen molar-refractivity contribution in [3.8, 4) is 5.75 Å². The molecule has 8 nitrogen and oxygen atoms in total. The second-order valence-corrected chi connectivity index (χ2v) is 7.80. The molecule has 2 aromatic heterocycles. The maximum Gasteiger partial charge on any atom is 0.255 e. The predicted octanol–water partition coefficient (Wildman–Crippen LogP) is 3.97. The number of anilines is 3. The highest BCUT2D eigenvalue weighted by Crippen LogP contribution is 2.37. The van der Waals surface area contributed by atoms with Crippen molar-refractivity contribution in [1.29, 1.82) is 0 Å². The Morgan fingerprint density at radius 1 is 1.12 bits per heavy atom. The molecule has 0 unspecified atom stereocenters. The van der Waals surface area contributed by atoms with Crippen LogP contribution in [0.4, 0.5) is 17.1 Å². The van der Waals surface area contributed by atoms with E-state index < -0.39 is 5.91 Å². The molecule has 2 aromatic carbocycles. The number of hydrogen-bond acceptors (Lipinski definition) is 6. The average Bonchev–Trinajstić information content (AvgIpc) is 3.30. The van der Waals surface area contributed by atoms with Gasteiger partial charge in [0.15, 0.2) is 0 Å². The summed E-state index contributed by atoms with van der Waals surface area (Å²) in [6.45, 7) is 2.48. The molecule has 8 heteroatoms. The second kappa shape index (κ2) is 8.23. The molecular weight excluding hydrogens is 418 g/mol. The van der Waals surface area contributed by atoms with E-state index in [9.17, 15) is 9.59 Å². The Kier molecular flexibility index (Phi) is 5.10. The number of primary amides is 1. The monoisotopic (exact) mass is 439 g/mol. The standard InChI is InChI=1S/C25H21N5O3/c1-14-11-15(25(32)29-16-5-8-27-9-6-16)12-18-22(14)28-13-19(24(26)31)23(18)30-20-3-2-4-21-17(20)7-10-33-21/h2-6,8-9,11-13H,7,10H2,1H3,(H2,26,31)(H,28,30)(H,27,29,32). The molecule has 0 atom stereocenters. The van der Waals surface area contributed by atoms with E-state index in [-0.39, 0.29) is 11.5 Å². The highest BCUT2D eigenvalue weighted by molar-refractivity contribution is 6.12. The molecule has 0 spiro atoms. The minimum absolute atomic E-state index is 0.241. The van der Waals surface area contributed by atoms with Crippen molar-refractivity contribution in [1.82, 2.24) is 9.97 Å². The quantitative estimate of drug-likeness (QED) is 0.433. The Bertz CT molecular complexity index is 1400. The first-order valence-electron chi connectivity index (χ1n) is 10.5. The molecule has 1 aliphatic heterocycles. The van der Waals surface area contributed by atoms with Gasteiger partial charge in [-0.15, -0.1) is 0 Å². The first-order chi connectivity index (χ1) is 16.0. The van der Waals surface area contributed by atoms with Gasteiger partial charge in [-0.3, -0.25) is 19.6 Å².